The van der Waals surface area contributed by atoms with Crippen LogP contribution in [-0.2, 0) is 15.6 Å². The molecule has 7 heteroatoms. The fourth-order valence-corrected chi connectivity index (χ4v) is 2.55. The van der Waals surface area contributed by atoms with E-state index in [1.165, 1.54) is 0 Å². The van der Waals surface area contributed by atoms with Gasteiger partial charge in [0.1, 0.15) is 0 Å². The van der Waals surface area contributed by atoms with Crippen LogP contribution in [0.2, 0.25) is 0 Å². The van der Waals surface area contributed by atoms with E-state index < -0.39 is 22.2 Å². The highest BCUT2D eigenvalue weighted by atomic mass is 32.2. The number of aliphatic carboxylic acids is 1. The van der Waals surface area contributed by atoms with Gasteiger partial charge in [-0.05, 0) is 26.2 Å². The minimum atomic E-state index is -0.831. The van der Waals surface area contributed by atoms with Crippen molar-refractivity contribution < 1.29 is 18.9 Å². The van der Waals surface area contributed by atoms with Gasteiger partial charge in [-0.1, -0.05) is 0 Å². The van der Waals surface area contributed by atoms with E-state index in [4.69, 9.17) is 5.11 Å². The SMILES string of the molecule is CS(=O)CCCNC(=O)N1CCC(C)(C(=O)O)CC1. The Hall–Kier alpha value is -1.11. The van der Waals surface area contributed by atoms with E-state index >= 15 is 0 Å². The van der Waals surface area contributed by atoms with Crippen LogP contribution in [0, 0.1) is 5.41 Å². The van der Waals surface area contributed by atoms with Gasteiger partial charge < -0.3 is 15.3 Å². The molecule has 1 aliphatic heterocycles. The van der Waals surface area contributed by atoms with E-state index in [9.17, 15) is 13.8 Å². The molecule has 1 aliphatic rings. The fraction of sp³-hybridized carbons (Fsp3) is 0.833. The lowest BCUT2D eigenvalue weighted by Crippen LogP contribution is -2.48. The van der Waals surface area contributed by atoms with Crippen LogP contribution in [0.4, 0.5) is 4.79 Å². The summed E-state index contributed by atoms with van der Waals surface area (Å²) in [6.07, 6.45) is 3.29. The van der Waals surface area contributed by atoms with Crippen molar-refractivity contribution in [2.45, 2.75) is 26.2 Å². The van der Waals surface area contributed by atoms with Gasteiger partial charge in [0.2, 0.25) is 0 Å². The highest BCUT2D eigenvalue weighted by Gasteiger charge is 2.37. The van der Waals surface area contributed by atoms with Crippen LogP contribution < -0.4 is 5.32 Å². The lowest BCUT2D eigenvalue weighted by Gasteiger charge is -2.36. The third-order valence-corrected chi connectivity index (χ3v) is 4.42. The third kappa shape index (κ3) is 4.81. The number of hydrogen-bond donors (Lipinski definition) is 2. The Morgan fingerprint density at radius 3 is 2.42 bits per heavy atom. The number of carboxylic acids is 1. The third-order valence-electron chi connectivity index (χ3n) is 3.56. The molecule has 1 atom stereocenters. The van der Waals surface area contributed by atoms with Gasteiger partial charge in [-0.3, -0.25) is 9.00 Å². The molecule has 1 saturated heterocycles. The molecule has 0 aromatic carbocycles. The Morgan fingerprint density at radius 2 is 1.95 bits per heavy atom. The second kappa shape index (κ2) is 6.88. The van der Waals surface area contributed by atoms with Crippen LogP contribution in [0.3, 0.4) is 0 Å². The Balaban J connectivity index is 2.29. The average molecular weight is 290 g/mol. The van der Waals surface area contributed by atoms with Crippen molar-refractivity contribution >= 4 is 22.8 Å². The van der Waals surface area contributed by atoms with E-state index in [1.807, 2.05) is 0 Å². The van der Waals surface area contributed by atoms with E-state index in [1.54, 1.807) is 18.1 Å². The van der Waals surface area contributed by atoms with Gasteiger partial charge in [-0.2, -0.15) is 0 Å². The minimum Gasteiger partial charge on any atom is -0.481 e. The topological polar surface area (TPSA) is 86.7 Å². The first-order valence-electron chi connectivity index (χ1n) is 6.41. The van der Waals surface area contributed by atoms with Gasteiger partial charge in [-0.15, -0.1) is 0 Å². The number of piperidine rings is 1. The fourth-order valence-electron chi connectivity index (χ4n) is 2.00. The molecule has 0 spiro atoms. The number of likely N-dealkylation sites (tertiary alicyclic amines) is 1. The maximum Gasteiger partial charge on any atom is 0.317 e. The summed E-state index contributed by atoms with van der Waals surface area (Å²) in [7, 11) is -0.831. The molecule has 0 saturated carbocycles. The molecule has 0 aliphatic carbocycles. The number of nitrogens with zero attached hydrogens (tertiary/aromatic N) is 1. The lowest BCUT2D eigenvalue weighted by molar-refractivity contribution is -0.150. The van der Waals surface area contributed by atoms with Crippen molar-refractivity contribution in [3.8, 4) is 0 Å². The van der Waals surface area contributed by atoms with Crippen molar-refractivity contribution in [3.63, 3.8) is 0 Å². The highest BCUT2D eigenvalue weighted by Crippen LogP contribution is 2.30. The second-order valence-electron chi connectivity index (χ2n) is 5.22. The zero-order chi connectivity index (χ0) is 14.5. The first kappa shape index (κ1) is 15.9. The molecule has 1 fully saturated rings. The van der Waals surface area contributed by atoms with E-state index in [0.29, 0.717) is 44.6 Å². The number of carbonyl (C=O) groups is 2. The number of carbonyl (C=O) groups excluding carboxylic acids is 1. The van der Waals surface area contributed by atoms with Crippen LogP contribution in [0.15, 0.2) is 0 Å². The average Bonchev–Trinajstić information content (AvgIpc) is 2.35. The molecule has 0 aromatic heterocycles. The predicted molar refractivity (Wildman–Crippen MR) is 73.5 cm³/mol. The molecule has 1 unspecified atom stereocenters. The first-order valence-corrected chi connectivity index (χ1v) is 8.14. The summed E-state index contributed by atoms with van der Waals surface area (Å²) in [5, 5.41) is 11.9. The smallest absolute Gasteiger partial charge is 0.317 e. The van der Waals surface area contributed by atoms with E-state index in [2.05, 4.69) is 5.32 Å². The predicted octanol–water partition coefficient (Wildman–Crippen LogP) is 0.651. The number of rotatable bonds is 5. The zero-order valence-corrected chi connectivity index (χ0v) is 12.3. The summed E-state index contributed by atoms with van der Waals surface area (Å²) in [6, 6.07) is -0.158. The minimum absolute atomic E-state index is 0.158. The number of hydrogen-bond acceptors (Lipinski definition) is 3. The molecule has 2 amide bonds. The molecule has 0 aromatic rings. The van der Waals surface area contributed by atoms with Crippen LogP contribution in [-0.4, -0.2) is 57.9 Å². The lowest BCUT2D eigenvalue weighted by atomic mass is 9.80. The summed E-state index contributed by atoms with van der Waals surface area (Å²) in [5.41, 5.74) is -0.712. The Kier molecular flexibility index (Phi) is 5.78. The molecule has 110 valence electrons. The highest BCUT2D eigenvalue weighted by molar-refractivity contribution is 7.84. The number of carboxylic acid groups (broad SMARTS) is 1. The van der Waals surface area contributed by atoms with Gasteiger partial charge in [0.25, 0.3) is 0 Å². The van der Waals surface area contributed by atoms with Gasteiger partial charge in [0, 0.05) is 42.4 Å². The normalized spacial score (nSPS) is 19.8. The molecule has 19 heavy (non-hydrogen) atoms. The standard InChI is InChI=1S/C12H22N2O4S/c1-12(10(15)16)4-7-14(8-5-12)11(17)13-6-3-9-19(2)18/h3-9H2,1-2H3,(H,13,17)(H,15,16). The molecule has 1 heterocycles. The first-order chi connectivity index (χ1) is 8.85. The van der Waals surface area contributed by atoms with Crippen molar-refractivity contribution in [1.29, 1.82) is 0 Å². The van der Waals surface area contributed by atoms with Crippen LogP contribution in [0.5, 0.6) is 0 Å². The maximum absolute atomic E-state index is 11.8. The summed E-state index contributed by atoms with van der Waals surface area (Å²) in [4.78, 5) is 24.5. The van der Waals surface area contributed by atoms with E-state index in [0.717, 1.165) is 0 Å². The second-order valence-corrected chi connectivity index (χ2v) is 6.77. The van der Waals surface area contributed by atoms with Crippen molar-refractivity contribution in [1.82, 2.24) is 10.2 Å². The Bertz CT molecular complexity index is 365. The summed E-state index contributed by atoms with van der Waals surface area (Å²) < 4.78 is 10.9. The van der Waals surface area contributed by atoms with Crippen LogP contribution in [0.25, 0.3) is 0 Å². The largest absolute Gasteiger partial charge is 0.481 e. The van der Waals surface area contributed by atoms with Crippen molar-refractivity contribution in [3.05, 3.63) is 0 Å². The van der Waals surface area contributed by atoms with Gasteiger partial charge in [-0.25, -0.2) is 4.79 Å². The zero-order valence-electron chi connectivity index (χ0n) is 11.5. The van der Waals surface area contributed by atoms with Crippen LogP contribution >= 0.6 is 0 Å². The summed E-state index contributed by atoms with van der Waals surface area (Å²) in [5.74, 6) is -0.213. The number of amides is 2. The quantitative estimate of drug-likeness (QED) is 0.728. The summed E-state index contributed by atoms with van der Waals surface area (Å²) in [6.45, 7) is 3.16. The molecular formula is C12H22N2O4S. The molecule has 0 radical (unpaired) electrons. The Morgan fingerprint density at radius 1 is 1.37 bits per heavy atom. The molecule has 1 rings (SSSR count). The van der Waals surface area contributed by atoms with Gasteiger partial charge >= 0.3 is 12.0 Å². The van der Waals surface area contributed by atoms with Crippen molar-refractivity contribution in [2.24, 2.45) is 5.41 Å². The summed E-state index contributed by atoms with van der Waals surface area (Å²) >= 11 is 0. The van der Waals surface area contributed by atoms with Crippen LogP contribution in [0.1, 0.15) is 26.2 Å². The van der Waals surface area contributed by atoms with Gasteiger partial charge in [0.05, 0.1) is 5.41 Å². The van der Waals surface area contributed by atoms with Gasteiger partial charge in [0.15, 0.2) is 0 Å². The number of nitrogens with one attached hydrogen (secondary N) is 1. The monoisotopic (exact) mass is 290 g/mol. The number of urea groups is 1. The maximum atomic E-state index is 11.8. The Labute approximate surface area is 116 Å². The van der Waals surface area contributed by atoms with Crippen molar-refractivity contribution in [2.75, 3.05) is 31.6 Å². The molecular weight excluding hydrogens is 268 g/mol. The molecule has 2 N–H and O–H groups in total. The molecule has 0 bridgehead atoms. The van der Waals surface area contributed by atoms with E-state index in [-0.39, 0.29) is 6.03 Å². The molecule has 6 nitrogen and oxygen atoms in total.